The summed E-state index contributed by atoms with van der Waals surface area (Å²) in [6.07, 6.45) is 5.77. The van der Waals surface area contributed by atoms with Gasteiger partial charge in [-0.25, -0.2) is 10.1 Å². The Morgan fingerprint density at radius 2 is 2.29 bits per heavy atom. The number of benzene rings is 1. The van der Waals surface area contributed by atoms with Crippen molar-refractivity contribution >= 4 is 22.5 Å². The Morgan fingerprint density at radius 3 is 3.00 bits per heavy atom. The monoisotopic (exact) mass is 330 g/mol. The van der Waals surface area contributed by atoms with Gasteiger partial charge >= 0.3 is 0 Å². The second-order valence-electron chi connectivity index (χ2n) is 6.22. The minimum absolute atomic E-state index is 0.358. The lowest BCUT2D eigenvalue weighted by Crippen LogP contribution is -2.34. The van der Waals surface area contributed by atoms with Gasteiger partial charge in [0, 0.05) is 35.4 Å². The third-order valence-corrected chi connectivity index (χ3v) is 4.62. The summed E-state index contributed by atoms with van der Waals surface area (Å²) < 4.78 is 2.24. The molecule has 1 aromatic heterocycles. The van der Waals surface area contributed by atoms with Crippen molar-refractivity contribution in [2.45, 2.75) is 31.8 Å². The molecule has 1 atom stereocenters. The molecule has 0 radical (unpaired) electrons. The van der Waals surface area contributed by atoms with E-state index in [1.54, 1.807) is 5.43 Å². The van der Waals surface area contributed by atoms with Gasteiger partial charge in [0.2, 0.25) is 0 Å². The fraction of sp³-hybridized carbons (Fsp3) is 0.438. The van der Waals surface area contributed by atoms with Crippen LogP contribution in [0.4, 0.5) is 5.69 Å². The maximum Gasteiger partial charge on any atom is 0.255 e. The quantitative estimate of drug-likeness (QED) is 0.338. The highest BCUT2D eigenvalue weighted by Gasteiger charge is 2.20. The molecule has 1 aromatic carbocycles. The van der Waals surface area contributed by atoms with Gasteiger partial charge < -0.3 is 14.8 Å². The number of hydrogen-bond donors (Lipinski definition) is 3. The summed E-state index contributed by atoms with van der Waals surface area (Å²) >= 11 is 0. The van der Waals surface area contributed by atoms with Crippen LogP contribution < -0.4 is 10.7 Å². The van der Waals surface area contributed by atoms with E-state index in [1.165, 1.54) is 19.4 Å². The number of hydrazine groups is 1. The number of nitrogens with zero attached hydrogens (tertiary/aromatic N) is 3. The number of nitro groups is 1. The number of hydrogen-bond acceptors (Lipinski definition) is 4. The predicted molar refractivity (Wildman–Crippen MR) is 93.7 cm³/mol. The number of guanidine groups is 1. The van der Waals surface area contributed by atoms with E-state index in [9.17, 15) is 10.1 Å². The number of rotatable bonds is 5. The van der Waals surface area contributed by atoms with Gasteiger partial charge in [-0.15, -0.1) is 0 Å². The lowest BCUT2D eigenvalue weighted by molar-refractivity contribution is -0.525. The molecule has 2 aromatic rings. The highest BCUT2D eigenvalue weighted by molar-refractivity contribution is 5.93. The van der Waals surface area contributed by atoms with Crippen LogP contribution in [-0.4, -0.2) is 40.1 Å². The molecular formula is C16H22N6O2. The van der Waals surface area contributed by atoms with Crippen molar-refractivity contribution in [3.63, 3.8) is 0 Å². The van der Waals surface area contributed by atoms with E-state index in [2.05, 4.69) is 28.0 Å². The largest absolute Gasteiger partial charge is 0.347 e. The molecule has 128 valence electrons. The van der Waals surface area contributed by atoms with Crippen molar-refractivity contribution in [3.8, 4) is 0 Å². The summed E-state index contributed by atoms with van der Waals surface area (Å²) in [7, 11) is 2.19. The first-order valence-corrected chi connectivity index (χ1v) is 8.08. The lowest BCUT2D eigenvalue weighted by atomic mass is 10.1. The van der Waals surface area contributed by atoms with Gasteiger partial charge in [-0.3, -0.25) is 5.41 Å². The van der Waals surface area contributed by atoms with E-state index in [0.717, 1.165) is 23.9 Å². The van der Waals surface area contributed by atoms with Crippen LogP contribution in [0, 0.1) is 15.5 Å². The number of nitrogens with one attached hydrogen (secondary N) is 3. The molecule has 0 saturated carbocycles. The molecule has 1 saturated heterocycles. The first-order valence-electron chi connectivity index (χ1n) is 8.08. The molecule has 8 heteroatoms. The smallest absolute Gasteiger partial charge is 0.255 e. The summed E-state index contributed by atoms with van der Waals surface area (Å²) in [6, 6.07) is 8.40. The molecule has 3 rings (SSSR count). The minimum Gasteiger partial charge on any atom is -0.347 e. The SMILES string of the molecule is CN1CCCC1CCn1ccc2cc(NC(=N)N[N+](=O)[O-])ccc21. The van der Waals surface area contributed by atoms with Gasteiger partial charge in [0.05, 0.1) is 0 Å². The van der Waals surface area contributed by atoms with E-state index < -0.39 is 5.03 Å². The van der Waals surface area contributed by atoms with E-state index >= 15 is 0 Å². The van der Waals surface area contributed by atoms with Crippen molar-refractivity contribution in [2.75, 3.05) is 18.9 Å². The summed E-state index contributed by atoms with van der Waals surface area (Å²) in [4.78, 5) is 12.8. The molecule has 1 fully saturated rings. The average molecular weight is 330 g/mol. The van der Waals surface area contributed by atoms with E-state index in [1.807, 2.05) is 24.3 Å². The Kier molecular flexibility index (Phi) is 4.66. The minimum atomic E-state index is -0.760. The number of aryl methyl sites for hydroxylation is 1. The molecule has 0 bridgehead atoms. The zero-order chi connectivity index (χ0) is 17.1. The van der Waals surface area contributed by atoms with Gasteiger partial charge in [-0.2, -0.15) is 0 Å². The second-order valence-corrected chi connectivity index (χ2v) is 6.22. The fourth-order valence-corrected chi connectivity index (χ4v) is 3.37. The zero-order valence-corrected chi connectivity index (χ0v) is 13.7. The molecule has 2 heterocycles. The van der Waals surface area contributed by atoms with Crippen molar-refractivity contribution in [2.24, 2.45) is 0 Å². The highest BCUT2D eigenvalue weighted by Crippen LogP contribution is 2.23. The van der Waals surface area contributed by atoms with Crippen LogP contribution in [0.15, 0.2) is 30.5 Å². The molecule has 1 aliphatic heterocycles. The van der Waals surface area contributed by atoms with Crippen LogP contribution in [0.1, 0.15) is 19.3 Å². The normalized spacial score (nSPS) is 18.0. The topological polar surface area (TPSA) is 99.2 Å². The molecule has 0 amide bonds. The van der Waals surface area contributed by atoms with Crippen LogP contribution in [0.25, 0.3) is 10.9 Å². The number of fused-ring (bicyclic) bond motifs is 1. The Hall–Kier alpha value is -2.61. The summed E-state index contributed by atoms with van der Waals surface area (Å²) in [5.41, 5.74) is 3.57. The van der Waals surface area contributed by atoms with Crippen molar-refractivity contribution in [1.29, 1.82) is 5.41 Å². The molecule has 1 aliphatic rings. The first-order chi connectivity index (χ1) is 11.5. The Labute approximate surface area is 140 Å². The molecule has 3 N–H and O–H groups in total. The van der Waals surface area contributed by atoms with Gasteiger partial charge in [-0.05, 0) is 57.1 Å². The number of likely N-dealkylation sites (tertiary alicyclic amines) is 1. The summed E-state index contributed by atoms with van der Waals surface area (Å²) in [5.74, 6) is -0.358. The van der Waals surface area contributed by atoms with Crippen LogP contribution in [0.5, 0.6) is 0 Å². The molecule has 0 aliphatic carbocycles. The van der Waals surface area contributed by atoms with Gasteiger partial charge in [0.15, 0.2) is 5.03 Å². The lowest BCUT2D eigenvalue weighted by Gasteiger charge is -2.19. The molecule has 8 nitrogen and oxygen atoms in total. The van der Waals surface area contributed by atoms with Crippen LogP contribution in [0.2, 0.25) is 0 Å². The third-order valence-electron chi connectivity index (χ3n) is 4.62. The van der Waals surface area contributed by atoms with E-state index in [0.29, 0.717) is 11.7 Å². The fourth-order valence-electron chi connectivity index (χ4n) is 3.37. The molecule has 1 unspecified atom stereocenters. The van der Waals surface area contributed by atoms with E-state index in [-0.39, 0.29) is 5.96 Å². The Balaban J connectivity index is 1.66. The van der Waals surface area contributed by atoms with Gasteiger partial charge in [0.1, 0.15) is 0 Å². The van der Waals surface area contributed by atoms with Gasteiger partial charge in [-0.1, -0.05) is 5.43 Å². The standard InChI is InChI=1S/C16H22N6O2/c1-20-8-2-3-14(20)7-10-21-9-6-12-11-13(4-5-15(12)21)18-16(17)19-22(23)24/h4-6,9,11,14H,2-3,7-8,10H2,1H3,(H3,17,18,19). The maximum atomic E-state index is 10.3. The molecule has 24 heavy (non-hydrogen) atoms. The number of anilines is 1. The average Bonchev–Trinajstić information content (AvgIpc) is 3.10. The third kappa shape index (κ3) is 3.65. The Morgan fingerprint density at radius 1 is 1.46 bits per heavy atom. The number of aromatic nitrogens is 1. The van der Waals surface area contributed by atoms with Crippen LogP contribution in [-0.2, 0) is 6.54 Å². The molecule has 0 spiro atoms. The molecular weight excluding hydrogens is 308 g/mol. The first kappa shape index (κ1) is 16.3. The summed E-state index contributed by atoms with van der Waals surface area (Å²) in [5, 5.41) is 20.8. The zero-order valence-electron chi connectivity index (χ0n) is 13.7. The van der Waals surface area contributed by atoms with Crippen molar-refractivity contribution in [1.82, 2.24) is 14.9 Å². The summed E-state index contributed by atoms with van der Waals surface area (Å²) in [6.45, 7) is 2.17. The maximum absolute atomic E-state index is 10.3. The van der Waals surface area contributed by atoms with Crippen LogP contribution >= 0.6 is 0 Å². The van der Waals surface area contributed by atoms with Crippen LogP contribution in [0.3, 0.4) is 0 Å². The predicted octanol–water partition coefficient (Wildman–Crippen LogP) is 2.25. The second kappa shape index (κ2) is 6.88. The van der Waals surface area contributed by atoms with Gasteiger partial charge in [0.25, 0.3) is 5.96 Å². The van der Waals surface area contributed by atoms with Crippen molar-refractivity contribution in [3.05, 3.63) is 40.6 Å². The highest BCUT2D eigenvalue weighted by atomic mass is 16.7. The van der Waals surface area contributed by atoms with E-state index in [4.69, 9.17) is 5.41 Å². The van der Waals surface area contributed by atoms with Crippen molar-refractivity contribution < 1.29 is 5.03 Å². The Bertz CT molecular complexity index is 756.